The van der Waals surface area contributed by atoms with Crippen LogP contribution in [0.1, 0.15) is 16.3 Å². The zero-order valence-corrected chi connectivity index (χ0v) is 15.2. The number of aromatic nitrogens is 3. The Bertz CT molecular complexity index is 910. The molecule has 0 bridgehead atoms. The number of benzene rings is 1. The van der Waals surface area contributed by atoms with E-state index in [4.69, 9.17) is 25.5 Å². The van der Waals surface area contributed by atoms with Gasteiger partial charge in [0.15, 0.2) is 11.5 Å². The number of fused-ring (bicyclic) bond motifs is 1. The highest BCUT2D eigenvalue weighted by atomic mass is 35.5. The van der Waals surface area contributed by atoms with Gasteiger partial charge in [0.05, 0.1) is 15.7 Å². The summed E-state index contributed by atoms with van der Waals surface area (Å²) < 4.78 is 16.4. The SMILES string of the molecule is Cc1nc(C)c(-c2nnc(SCc3cc(Cl)c4c(c3)OCO4)o2)s1. The molecule has 0 fully saturated rings. The van der Waals surface area contributed by atoms with Crippen molar-refractivity contribution in [2.45, 2.75) is 24.8 Å². The van der Waals surface area contributed by atoms with Gasteiger partial charge in [0.2, 0.25) is 6.79 Å². The number of ether oxygens (including phenoxy) is 2. The average molecular weight is 382 g/mol. The number of thiazole rings is 1. The third-order valence-corrected chi connectivity index (χ3v) is 5.58. The molecule has 3 heterocycles. The van der Waals surface area contributed by atoms with Crippen LogP contribution in [0.2, 0.25) is 5.02 Å². The number of halogens is 1. The zero-order valence-electron chi connectivity index (χ0n) is 12.8. The zero-order chi connectivity index (χ0) is 16.7. The number of hydrogen-bond donors (Lipinski definition) is 0. The van der Waals surface area contributed by atoms with Gasteiger partial charge in [-0.1, -0.05) is 23.4 Å². The molecule has 6 nitrogen and oxygen atoms in total. The van der Waals surface area contributed by atoms with Crippen molar-refractivity contribution in [2.24, 2.45) is 0 Å². The van der Waals surface area contributed by atoms with Gasteiger partial charge in [-0.3, -0.25) is 0 Å². The first-order valence-corrected chi connectivity index (χ1v) is 9.27. The smallest absolute Gasteiger partial charge is 0.277 e. The largest absolute Gasteiger partial charge is 0.454 e. The Labute approximate surface area is 151 Å². The van der Waals surface area contributed by atoms with Crippen molar-refractivity contribution in [1.82, 2.24) is 15.2 Å². The van der Waals surface area contributed by atoms with Gasteiger partial charge in [-0.15, -0.1) is 21.5 Å². The Balaban J connectivity index is 1.49. The van der Waals surface area contributed by atoms with Crippen LogP contribution < -0.4 is 9.47 Å². The van der Waals surface area contributed by atoms with Crippen LogP contribution in [-0.2, 0) is 5.75 Å². The fraction of sp³-hybridized carbons (Fsp3) is 0.267. The summed E-state index contributed by atoms with van der Waals surface area (Å²) in [6, 6.07) is 3.77. The van der Waals surface area contributed by atoms with Crippen molar-refractivity contribution in [2.75, 3.05) is 6.79 Å². The van der Waals surface area contributed by atoms with Crippen LogP contribution in [0.15, 0.2) is 21.8 Å². The summed E-state index contributed by atoms with van der Waals surface area (Å²) in [5, 5.41) is 10.2. The molecule has 0 spiro atoms. The molecule has 124 valence electrons. The van der Waals surface area contributed by atoms with Gasteiger partial charge in [0, 0.05) is 5.75 Å². The van der Waals surface area contributed by atoms with E-state index in [0.717, 1.165) is 21.1 Å². The second kappa shape index (κ2) is 6.27. The molecule has 0 N–H and O–H groups in total. The topological polar surface area (TPSA) is 70.3 Å². The van der Waals surface area contributed by atoms with E-state index in [1.807, 2.05) is 26.0 Å². The van der Waals surface area contributed by atoms with Gasteiger partial charge < -0.3 is 13.9 Å². The van der Waals surface area contributed by atoms with Gasteiger partial charge in [0.25, 0.3) is 11.1 Å². The van der Waals surface area contributed by atoms with Gasteiger partial charge in [0.1, 0.15) is 4.88 Å². The molecule has 0 aliphatic carbocycles. The molecule has 0 atom stereocenters. The maximum atomic E-state index is 6.19. The molecule has 24 heavy (non-hydrogen) atoms. The Morgan fingerprint density at radius 3 is 2.92 bits per heavy atom. The van der Waals surface area contributed by atoms with Crippen LogP contribution in [-0.4, -0.2) is 22.0 Å². The van der Waals surface area contributed by atoms with E-state index in [0.29, 0.717) is 33.4 Å². The summed E-state index contributed by atoms with van der Waals surface area (Å²) in [6.07, 6.45) is 0. The summed E-state index contributed by atoms with van der Waals surface area (Å²) in [6.45, 7) is 4.09. The molecular weight excluding hydrogens is 370 g/mol. The predicted octanol–water partition coefficient (Wildman–Crippen LogP) is 4.48. The number of hydrogen-bond acceptors (Lipinski definition) is 8. The highest BCUT2D eigenvalue weighted by molar-refractivity contribution is 7.98. The first-order chi connectivity index (χ1) is 11.6. The standard InChI is InChI=1S/C15H12ClN3O3S2/c1-7-13(24-8(2)17-7)14-18-19-15(22-14)23-5-9-3-10(16)12-11(4-9)20-6-21-12/h3-4H,5-6H2,1-2H3. The number of thioether (sulfide) groups is 1. The molecule has 0 amide bonds. The lowest BCUT2D eigenvalue weighted by Gasteiger charge is -2.03. The Kier molecular flexibility index (Phi) is 4.11. The number of rotatable bonds is 4. The van der Waals surface area contributed by atoms with Crippen LogP contribution in [0.3, 0.4) is 0 Å². The fourth-order valence-corrected chi connectivity index (χ4v) is 4.16. The van der Waals surface area contributed by atoms with Crippen LogP contribution in [0.25, 0.3) is 10.8 Å². The lowest BCUT2D eigenvalue weighted by Crippen LogP contribution is -1.93. The van der Waals surface area contributed by atoms with E-state index in [1.165, 1.54) is 11.8 Å². The van der Waals surface area contributed by atoms with Crippen molar-refractivity contribution in [3.8, 4) is 22.3 Å². The highest BCUT2D eigenvalue weighted by Crippen LogP contribution is 2.41. The number of aryl methyl sites for hydroxylation is 2. The molecule has 4 rings (SSSR count). The molecule has 1 aromatic carbocycles. The predicted molar refractivity (Wildman–Crippen MR) is 92.0 cm³/mol. The molecule has 3 aromatic rings. The average Bonchev–Trinajstić information content (AvgIpc) is 3.25. The summed E-state index contributed by atoms with van der Waals surface area (Å²) >= 11 is 9.18. The summed E-state index contributed by atoms with van der Waals surface area (Å²) in [5.41, 5.74) is 1.90. The van der Waals surface area contributed by atoms with Gasteiger partial charge in [-0.2, -0.15) is 0 Å². The van der Waals surface area contributed by atoms with Crippen LogP contribution in [0, 0.1) is 13.8 Å². The molecule has 0 unspecified atom stereocenters. The van der Waals surface area contributed by atoms with E-state index in [2.05, 4.69) is 15.2 Å². The quantitative estimate of drug-likeness (QED) is 0.617. The molecule has 2 aromatic heterocycles. The summed E-state index contributed by atoms with van der Waals surface area (Å²) in [4.78, 5) is 5.29. The Morgan fingerprint density at radius 1 is 1.25 bits per heavy atom. The number of nitrogens with zero attached hydrogens (tertiary/aromatic N) is 3. The van der Waals surface area contributed by atoms with Crippen LogP contribution >= 0.6 is 34.7 Å². The second-order valence-corrected chi connectivity index (χ2v) is 7.66. The van der Waals surface area contributed by atoms with E-state index in [1.54, 1.807) is 11.3 Å². The lowest BCUT2D eigenvalue weighted by molar-refractivity contribution is 0.174. The second-order valence-electron chi connectivity index (χ2n) is 5.12. The molecule has 0 saturated carbocycles. The minimum absolute atomic E-state index is 0.201. The summed E-state index contributed by atoms with van der Waals surface area (Å²) in [7, 11) is 0. The normalized spacial score (nSPS) is 12.8. The van der Waals surface area contributed by atoms with Gasteiger partial charge in [-0.25, -0.2) is 4.98 Å². The first-order valence-electron chi connectivity index (χ1n) is 7.09. The minimum atomic E-state index is 0.201. The highest BCUT2D eigenvalue weighted by Gasteiger charge is 2.19. The van der Waals surface area contributed by atoms with E-state index in [-0.39, 0.29) is 6.79 Å². The van der Waals surface area contributed by atoms with Crippen molar-refractivity contribution >= 4 is 34.7 Å². The molecule has 1 aliphatic heterocycles. The Hall–Kier alpha value is -1.77. The first kappa shape index (κ1) is 15.7. The third-order valence-electron chi connectivity index (χ3n) is 3.35. The van der Waals surface area contributed by atoms with Crippen molar-refractivity contribution < 1.29 is 13.9 Å². The lowest BCUT2D eigenvalue weighted by atomic mass is 10.2. The Morgan fingerprint density at radius 2 is 2.12 bits per heavy atom. The fourth-order valence-electron chi connectivity index (χ4n) is 2.34. The maximum absolute atomic E-state index is 6.19. The van der Waals surface area contributed by atoms with E-state index in [9.17, 15) is 0 Å². The molecular formula is C15H12ClN3O3S2. The van der Waals surface area contributed by atoms with Crippen molar-refractivity contribution in [3.05, 3.63) is 33.4 Å². The summed E-state index contributed by atoms with van der Waals surface area (Å²) in [5.74, 6) is 2.41. The molecule has 0 radical (unpaired) electrons. The van der Waals surface area contributed by atoms with Crippen molar-refractivity contribution in [1.29, 1.82) is 0 Å². The van der Waals surface area contributed by atoms with E-state index >= 15 is 0 Å². The third kappa shape index (κ3) is 2.97. The molecule has 0 saturated heterocycles. The van der Waals surface area contributed by atoms with Crippen LogP contribution in [0.5, 0.6) is 11.5 Å². The molecule has 9 heteroatoms. The van der Waals surface area contributed by atoms with Crippen molar-refractivity contribution in [3.63, 3.8) is 0 Å². The van der Waals surface area contributed by atoms with Gasteiger partial charge in [-0.05, 0) is 31.5 Å². The maximum Gasteiger partial charge on any atom is 0.277 e. The minimum Gasteiger partial charge on any atom is -0.454 e. The van der Waals surface area contributed by atoms with E-state index < -0.39 is 0 Å². The van der Waals surface area contributed by atoms with Gasteiger partial charge >= 0.3 is 0 Å². The van der Waals surface area contributed by atoms with Crippen LogP contribution in [0.4, 0.5) is 0 Å². The monoisotopic (exact) mass is 381 g/mol. The molecule has 1 aliphatic rings.